The third-order valence-electron chi connectivity index (χ3n) is 3.62. The van der Waals surface area contributed by atoms with Gasteiger partial charge in [-0.15, -0.1) is 0 Å². The molecule has 0 aromatic heterocycles. The van der Waals surface area contributed by atoms with Gasteiger partial charge in [0.2, 0.25) is 0 Å². The number of sulfone groups is 1. The van der Waals surface area contributed by atoms with Gasteiger partial charge < -0.3 is 10.1 Å². The number of hydrogen-bond acceptors (Lipinski definition) is 4. The monoisotopic (exact) mass is 249 g/mol. The second-order valence-corrected chi connectivity index (χ2v) is 7.22. The largest absolute Gasteiger partial charge is 0.383 e. The van der Waals surface area contributed by atoms with E-state index in [4.69, 9.17) is 4.74 Å². The Bertz CT molecular complexity index is 307. The summed E-state index contributed by atoms with van der Waals surface area (Å²) in [5.41, 5.74) is 0. The molecule has 0 aromatic carbocycles. The standard InChI is InChI=1S/C11H23NO3S/c1-4-10-7-11(8-10,16(3,13)14)9-12-5-6-15-2/h10,12H,4-9H2,1-3H3. The van der Waals surface area contributed by atoms with Crippen molar-refractivity contribution in [3.63, 3.8) is 0 Å². The van der Waals surface area contributed by atoms with Crippen molar-refractivity contribution < 1.29 is 13.2 Å². The predicted molar refractivity (Wildman–Crippen MR) is 65.3 cm³/mol. The second-order valence-electron chi connectivity index (χ2n) is 4.81. The zero-order valence-corrected chi connectivity index (χ0v) is 11.3. The van der Waals surface area contributed by atoms with Gasteiger partial charge in [0.25, 0.3) is 0 Å². The van der Waals surface area contributed by atoms with Crippen molar-refractivity contribution in [2.45, 2.75) is 30.9 Å². The van der Waals surface area contributed by atoms with Gasteiger partial charge in [-0.1, -0.05) is 13.3 Å². The molecule has 0 aromatic rings. The van der Waals surface area contributed by atoms with E-state index in [9.17, 15) is 8.42 Å². The molecule has 0 bridgehead atoms. The Labute approximate surface area is 98.7 Å². The van der Waals surface area contributed by atoms with Crippen LogP contribution in [0.3, 0.4) is 0 Å². The molecule has 0 radical (unpaired) electrons. The highest BCUT2D eigenvalue weighted by molar-refractivity contribution is 7.92. The molecule has 0 heterocycles. The van der Waals surface area contributed by atoms with E-state index in [2.05, 4.69) is 12.2 Å². The Kier molecular flexibility index (Phi) is 4.76. The van der Waals surface area contributed by atoms with Gasteiger partial charge in [-0.05, 0) is 18.8 Å². The molecule has 0 amide bonds. The van der Waals surface area contributed by atoms with E-state index in [-0.39, 0.29) is 0 Å². The van der Waals surface area contributed by atoms with E-state index >= 15 is 0 Å². The van der Waals surface area contributed by atoms with Gasteiger partial charge in [-0.2, -0.15) is 0 Å². The van der Waals surface area contributed by atoms with Crippen LogP contribution in [-0.2, 0) is 14.6 Å². The van der Waals surface area contributed by atoms with E-state index < -0.39 is 14.6 Å². The molecule has 1 aliphatic carbocycles. The van der Waals surface area contributed by atoms with Gasteiger partial charge in [0, 0.05) is 26.5 Å². The molecule has 1 rings (SSSR count). The summed E-state index contributed by atoms with van der Waals surface area (Å²) in [7, 11) is -1.32. The van der Waals surface area contributed by atoms with Crippen molar-refractivity contribution in [1.29, 1.82) is 0 Å². The van der Waals surface area contributed by atoms with Gasteiger partial charge in [0.1, 0.15) is 0 Å². The Morgan fingerprint density at radius 3 is 2.50 bits per heavy atom. The minimum atomic E-state index is -2.96. The Morgan fingerprint density at radius 1 is 1.44 bits per heavy atom. The molecule has 0 saturated heterocycles. The molecular weight excluding hydrogens is 226 g/mol. The third kappa shape index (κ3) is 2.96. The quantitative estimate of drug-likeness (QED) is 0.679. The Hall–Kier alpha value is -0.130. The zero-order chi connectivity index (χ0) is 12.2. The molecule has 16 heavy (non-hydrogen) atoms. The lowest BCUT2D eigenvalue weighted by Gasteiger charge is -2.46. The van der Waals surface area contributed by atoms with Crippen molar-refractivity contribution in [2.24, 2.45) is 5.92 Å². The Balaban J connectivity index is 2.49. The maximum absolute atomic E-state index is 11.8. The smallest absolute Gasteiger partial charge is 0.154 e. The summed E-state index contributed by atoms with van der Waals surface area (Å²) in [6.07, 6.45) is 4.05. The van der Waals surface area contributed by atoms with E-state index in [1.807, 2.05) is 0 Å². The highest BCUT2D eigenvalue weighted by atomic mass is 32.2. The summed E-state index contributed by atoms with van der Waals surface area (Å²) in [6, 6.07) is 0. The molecule has 1 N–H and O–H groups in total. The van der Waals surface area contributed by atoms with Gasteiger partial charge in [0.15, 0.2) is 9.84 Å². The van der Waals surface area contributed by atoms with Crippen LogP contribution in [0.25, 0.3) is 0 Å². The lowest BCUT2D eigenvalue weighted by Crippen LogP contribution is -2.56. The topological polar surface area (TPSA) is 55.4 Å². The van der Waals surface area contributed by atoms with Gasteiger partial charge in [0.05, 0.1) is 11.4 Å². The van der Waals surface area contributed by atoms with Crippen LogP contribution < -0.4 is 5.32 Å². The molecule has 1 saturated carbocycles. The molecule has 0 aliphatic heterocycles. The molecule has 1 fully saturated rings. The molecule has 4 nitrogen and oxygen atoms in total. The SMILES string of the molecule is CCC1CC(CNCCOC)(S(C)(=O)=O)C1. The molecule has 96 valence electrons. The van der Waals surface area contributed by atoms with Gasteiger partial charge in [-0.25, -0.2) is 8.42 Å². The van der Waals surface area contributed by atoms with Crippen LogP contribution in [0.2, 0.25) is 0 Å². The molecule has 0 atom stereocenters. The van der Waals surface area contributed by atoms with Crippen molar-refractivity contribution >= 4 is 9.84 Å². The average Bonchev–Trinajstić information content (AvgIpc) is 2.13. The van der Waals surface area contributed by atoms with E-state index in [1.54, 1.807) is 7.11 Å². The number of hydrogen-bond donors (Lipinski definition) is 1. The Morgan fingerprint density at radius 2 is 2.06 bits per heavy atom. The summed E-state index contributed by atoms with van der Waals surface area (Å²) < 4.78 is 28.0. The van der Waals surface area contributed by atoms with E-state index in [0.29, 0.717) is 25.6 Å². The molecular formula is C11H23NO3S. The van der Waals surface area contributed by atoms with Crippen LogP contribution in [0.1, 0.15) is 26.2 Å². The fraction of sp³-hybridized carbons (Fsp3) is 1.00. The summed E-state index contributed by atoms with van der Waals surface area (Å²) in [4.78, 5) is 0. The number of methoxy groups -OCH3 is 1. The summed E-state index contributed by atoms with van der Waals surface area (Å²) in [5, 5.41) is 3.18. The lowest BCUT2D eigenvalue weighted by atomic mass is 9.72. The minimum Gasteiger partial charge on any atom is -0.383 e. The van der Waals surface area contributed by atoms with Gasteiger partial charge in [-0.3, -0.25) is 0 Å². The van der Waals surface area contributed by atoms with Gasteiger partial charge >= 0.3 is 0 Å². The molecule has 1 aliphatic rings. The maximum Gasteiger partial charge on any atom is 0.154 e. The highest BCUT2D eigenvalue weighted by Gasteiger charge is 2.50. The summed E-state index contributed by atoms with van der Waals surface area (Å²) in [5.74, 6) is 0.582. The summed E-state index contributed by atoms with van der Waals surface area (Å²) in [6.45, 7) is 4.02. The van der Waals surface area contributed by atoms with Crippen LogP contribution >= 0.6 is 0 Å². The first-order chi connectivity index (χ1) is 7.45. The number of nitrogens with one attached hydrogen (secondary N) is 1. The van der Waals surface area contributed by atoms with Crippen LogP contribution in [0.15, 0.2) is 0 Å². The normalized spacial score (nSPS) is 30.1. The van der Waals surface area contributed by atoms with Crippen molar-refractivity contribution in [3.05, 3.63) is 0 Å². The summed E-state index contributed by atoms with van der Waals surface area (Å²) >= 11 is 0. The average molecular weight is 249 g/mol. The van der Waals surface area contributed by atoms with Crippen molar-refractivity contribution in [3.8, 4) is 0 Å². The lowest BCUT2D eigenvalue weighted by molar-refractivity contribution is 0.181. The highest BCUT2D eigenvalue weighted by Crippen LogP contribution is 2.44. The second kappa shape index (κ2) is 5.47. The van der Waals surface area contributed by atoms with Crippen LogP contribution in [0.5, 0.6) is 0 Å². The van der Waals surface area contributed by atoms with Crippen molar-refractivity contribution in [1.82, 2.24) is 5.32 Å². The van der Waals surface area contributed by atoms with E-state index in [0.717, 1.165) is 19.3 Å². The first-order valence-electron chi connectivity index (χ1n) is 5.84. The predicted octanol–water partition coefficient (Wildman–Crippen LogP) is 0.826. The molecule has 5 heteroatoms. The van der Waals surface area contributed by atoms with Crippen LogP contribution in [0, 0.1) is 5.92 Å². The first kappa shape index (κ1) is 13.9. The number of rotatable bonds is 7. The minimum absolute atomic E-state index is 0.512. The fourth-order valence-corrected chi connectivity index (χ4v) is 3.79. The van der Waals surface area contributed by atoms with E-state index in [1.165, 1.54) is 6.26 Å². The fourth-order valence-electron chi connectivity index (χ4n) is 2.35. The number of ether oxygens (including phenoxy) is 1. The molecule has 0 spiro atoms. The van der Waals surface area contributed by atoms with Crippen molar-refractivity contribution in [2.75, 3.05) is 33.1 Å². The maximum atomic E-state index is 11.8. The van der Waals surface area contributed by atoms with Crippen LogP contribution in [-0.4, -0.2) is 46.2 Å². The zero-order valence-electron chi connectivity index (χ0n) is 10.5. The first-order valence-corrected chi connectivity index (χ1v) is 7.73. The third-order valence-corrected chi connectivity index (χ3v) is 5.67. The molecule has 0 unspecified atom stereocenters. The van der Waals surface area contributed by atoms with Crippen LogP contribution in [0.4, 0.5) is 0 Å².